The lowest BCUT2D eigenvalue weighted by atomic mass is 9.76. The fraction of sp³-hybridized carbons (Fsp3) is 0.280. The summed E-state index contributed by atoms with van der Waals surface area (Å²) in [5, 5.41) is 0. The zero-order valence-corrected chi connectivity index (χ0v) is 16.6. The molecule has 0 amide bonds. The Bertz CT molecular complexity index is 1010. The molecule has 0 spiro atoms. The molecule has 2 aromatic rings. The highest BCUT2D eigenvalue weighted by atomic mass is 16.6. The Morgan fingerprint density at radius 1 is 0.862 bits per heavy atom. The van der Waals surface area contributed by atoms with Crippen molar-refractivity contribution in [3.05, 3.63) is 83.8 Å². The second kappa shape index (κ2) is 10.4. The van der Waals surface area contributed by atoms with Gasteiger partial charge in [0.2, 0.25) is 0 Å². The van der Waals surface area contributed by atoms with Gasteiger partial charge < -0.3 is 9.47 Å². The van der Waals surface area contributed by atoms with Crippen LogP contribution in [0.2, 0.25) is 0 Å². The SMILES string of the molecule is [2H]C([2H])=C([2H])c1ccc(CC(Cc2ccc(C([2H])=C([2H])[2H])cc2)(C(=O)OCC)C(=O)OCC)cc1. The summed E-state index contributed by atoms with van der Waals surface area (Å²) in [7, 11) is 0. The van der Waals surface area contributed by atoms with Crippen molar-refractivity contribution in [2.45, 2.75) is 26.7 Å². The Morgan fingerprint density at radius 3 is 1.55 bits per heavy atom. The number of ether oxygens (including phenoxy) is 2. The largest absolute Gasteiger partial charge is 0.465 e. The van der Waals surface area contributed by atoms with E-state index in [2.05, 4.69) is 0 Å². The lowest BCUT2D eigenvalue weighted by Gasteiger charge is -2.29. The predicted octanol–water partition coefficient (Wildman–Crippen LogP) is 4.87. The molecule has 0 aliphatic carbocycles. The summed E-state index contributed by atoms with van der Waals surface area (Å²) in [6, 6.07) is 12.2. The molecule has 0 bridgehead atoms. The summed E-state index contributed by atoms with van der Waals surface area (Å²) >= 11 is 0. The van der Waals surface area contributed by atoms with E-state index in [-0.39, 0.29) is 38.2 Å². The maximum Gasteiger partial charge on any atom is 0.324 e. The highest BCUT2D eigenvalue weighted by molar-refractivity contribution is 6.00. The highest BCUT2D eigenvalue weighted by Gasteiger charge is 2.49. The van der Waals surface area contributed by atoms with E-state index < -0.39 is 30.4 Å². The van der Waals surface area contributed by atoms with Crippen molar-refractivity contribution in [1.29, 1.82) is 0 Å². The third-order valence-electron chi connectivity index (χ3n) is 4.54. The average Bonchev–Trinajstić information content (AvgIpc) is 2.83. The van der Waals surface area contributed by atoms with Crippen LogP contribution in [0.3, 0.4) is 0 Å². The zero-order chi connectivity index (χ0) is 26.2. The van der Waals surface area contributed by atoms with Crippen molar-refractivity contribution in [2.75, 3.05) is 13.2 Å². The lowest BCUT2D eigenvalue weighted by Crippen LogP contribution is -2.45. The maximum atomic E-state index is 13.2. The number of carbonyl (C=O) groups excluding carboxylic acids is 2. The van der Waals surface area contributed by atoms with Crippen molar-refractivity contribution >= 4 is 24.0 Å². The van der Waals surface area contributed by atoms with E-state index in [1.54, 1.807) is 62.4 Å². The van der Waals surface area contributed by atoms with Gasteiger partial charge in [0.25, 0.3) is 0 Å². The van der Waals surface area contributed by atoms with Gasteiger partial charge >= 0.3 is 11.9 Å². The van der Waals surface area contributed by atoms with Crippen molar-refractivity contribution in [2.24, 2.45) is 5.41 Å². The van der Waals surface area contributed by atoms with Crippen LogP contribution in [0.15, 0.2) is 61.6 Å². The first-order valence-corrected chi connectivity index (χ1v) is 9.37. The first kappa shape index (κ1) is 14.8. The van der Waals surface area contributed by atoms with Gasteiger partial charge in [-0.15, -0.1) is 0 Å². The number of benzene rings is 2. The fourth-order valence-corrected chi connectivity index (χ4v) is 3.08. The van der Waals surface area contributed by atoms with E-state index in [0.717, 1.165) is 0 Å². The van der Waals surface area contributed by atoms with Gasteiger partial charge in [0.05, 0.1) is 21.4 Å². The predicted molar refractivity (Wildman–Crippen MR) is 116 cm³/mol. The molecule has 0 fully saturated rings. The van der Waals surface area contributed by atoms with Crippen molar-refractivity contribution in [3.63, 3.8) is 0 Å². The van der Waals surface area contributed by atoms with E-state index >= 15 is 0 Å². The Balaban J connectivity index is 2.53. The highest BCUT2D eigenvalue weighted by Crippen LogP contribution is 2.32. The number of carbonyl (C=O) groups is 2. The molecule has 4 heteroatoms. The third kappa shape index (κ3) is 5.44. The normalized spacial score (nSPS) is 13.4. The van der Waals surface area contributed by atoms with E-state index in [1.165, 1.54) is 0 Å². The molecular formula is C25H28O4. The number of rotatable bonds is 10. The average molecular weight is 399 g/mol. The minimum absolute atomic E-state index is 0.0501. The minimum Gasteiger partial charge on any atom is -0.465 e. The summed E-state index contributed by atoms with van der Waals surface area (Å²) in [6.45, 7) is 2.15. The van der Waals surface area contributed by atoms with Crippen LogP contribution >= 0.6 is 0 Å². The summed E-state index contributed by atoms with van der Waals surface area (Å²) in [5.74, 6) is -1.49. The molecule has 2 rings (SSSR count). The molecule has 0 saturated carbocycles. The Hall–Kier alpha value is -3.14. The quantitative estimate of drug-likeness (QED) is 0.423. The molecule has 0 heterocycles. The first-order valence-electron chi connectivity index (χ1n) is 12.4. The van der Waals surface area contributed by atoms with Crippen LogP contribution < -0.4 is 0 Å². The molecule has 29 heavy (non-hydrogen) atoms. The Morgan fingerprint density at radius 2 is 1.24 bits per heavy atom. The van der Waals surface area contributed by atoms with E-state index in [9.17, 15) is 9.59 Å². The summed E-state index contributed by atoms with van der Waals surface area (Å²) in [4.78, 5) is 26.4. The molecular weight excluding hydrogens is 364 g/mol. The minimum atomic E-state index is -1.71. The van der Waals surface area contributed by atoms with Gasteiger partial charge in [0, 0.05) is 0 Å². The topological polar surface area (TPSA) is 52.6 Å². The third-order valence-corrected chi connectivity index (χ3v) is 4.54. The van der Waals surface area contributed by atoms with Crippen molar-refractivity contribution in [3.8, 4) is 0 Å². The fourth-order valence-electron chi connectivity index (χ4n) is 3.08. The van der Waals surface area contributed by atoms with Gasteiger partial charge in [-0.1, -0.05) is 73.7 Å². The first-order chi connectivity index (χ1) is 16.5. The van der Waals surface area contributed by atoms with Gasteiger partial charge in [-0.2, -0.15) is 0 Å². The maximum absolute atomic E-state index is 13.2. The van der Waals surface area contributed by atoms with Crippen LogP contribution in [0.4, 0.5) is 0 Å². The van der Waals surface area contributed by atoms with E-state index in [1.807, 2.05) is 0 Å². The molecule has 0 aliphatic rings. The Labute approximate surface area is 181 Å². The Kier molecular flexibility index (Phi) is 5.32. The van der Waals surface area contributed by atoms with Crippen molar-refractivity contribution in [1.82, 2.24) is 0 Å². The van der Waals surface area contributed by atoms with Crippen LogP contribution in [0.25, 0.3) is 12.1 Å². The van der Waals surface area contributed by atoms with Gasteiger partial charge in [0.15, 0.2) is 5.41 Å². The summed E-state index contributed by atoms with van der Waals surface area (Å²) in [5.41, 5.74) is 0.218. The van der Waals surface area contributed by atoms with Crippen LogP contribution in [0.5, 0.6) is 0 Å². The number of hydrogen-bond acceptors (Lipinski definition) is 4. The summed E-state index contributed by atoms with van der Waals surface area (Å²) < 4.78 is 55.4. The van der Waals surface area contributed by atoms with Gasteiger partial charge in [0.1, 0.15) is 0 Å². The van der Waals surface area contributed by atoms with E-state index in [4.69, 9.17) is 17.7 Å². The second-order valence-electron chi connectivity index (χ2n) is 6.52. The number of hydrogen-bond donors (Lipinski definition) is 0. The standard InChI is InChI=1S/C25H28O4/c1-5-19-9-13-21(14-10-19)17-25(23(26)28-7-3,24(27)29-8-4)18-22-15-11-20(6-2)12-16-22/h5-6,9-16H,1-2,7-8,17-18H2,3-4H3/i1D2,2D2,5D,6D. The molecule has 0 aromatic heterocycles. The molecule has 0 aliphatic heterocycles. The smallest absolute Gasteiger partial charge is 0.324 e. The lowest BCUT2D eigenvalue weighted by molar-refractivity contribution is -0.172. The molecule has 0 unspecified atom stereocenters. The second-order valence-corrected chi connectivity index (χ2v) is 6.52. The summed E-state index contributed by atoms with van der Waals surface area (Å²) in [6.07, 6.45) is -0.100. The molecule has 0 saturated heterocycles. The van der Waals surface area contributed by atoms with Crippen LogP contribution in [0, 0.1) is 5.41 Å². The molecule has 0 atom stereocenters. The van der Waals surface area contributed by atoms with Crippen LogP contribution in [0.1, 0.15) is 44.3 Å². The van der Waals surface area contributed by atoms with E-state index in [0.29, 0.717) is 22.3 Å². The van der Waals surface area contributed by atoms with Crippen LogP contribution in [-0.4, -0.2) is 25.2 Å². The zero-order valence-electron chi connectivity index (χ0n) is 22.6. The van der Waals surface area contributed by atoms with Gasteiger partial charge in [-0.25, -0.2) is 0 Å². The monoisotopic (exact) mass is 398 g/mol. The molecule has 0 radical (unpaired) electrons. The molecule has 2 aromatic carbocycles. The van der Waals surface area contributed by atoms with Gasteiger partial charge in [-0.3, -0.25) is 9.59 Å². The van der Waals surface area contributed by atoms with Crippen molar-refractivity contribution < 1.29 is 27.3 Å². The van der Waals surface area contributed by atoms with Gasteiger partial charge in [-0.05, 0) is 48.9 Å². The number of esters is 2. The van der Waals surface area contributed by atoms with Crippen LogP contribution in [-0.2, 0) is 31.9 Å². The molecule has 152 valence electrons. The molecule has 4 nitrogen and oxygen atoms in total. The molecule has 0 N–H and O–H groups in total.